The summed E-state index contributed by atoms with van der Waals surface area (Å²) in [4.78, 5) is 0. The molecule has 2 rings (SSSR count). The number of aliphatic hydroxyl groups excluding tert-OH is 1. The second-order valence-electron chi connectivity index (χ2n) is 5.74. The van der Waals surface area contributed by atoms with Gasteiger partial charge < -0.3 is 5.11 Å². The number of aliphatic hydroxyl groups is 1. The first-order chi connectivity index (χ1) is 9.04. The van der Waals surface area contributed by atoms with Gasteiger partial charge in [0.05, 0.1) is 6.10 Å². The van der Waals surface area contributed by atoms with Crippen LogP contribution in [0.2, 0.25) is 10.0 Å². The molecule has 1 N–H and O–H groups in total. The van der Waals surface area contributed by atoms with Gasteiger partial charge in [-0.05, 0) is 42.4 Å². The number of halogens is 2. The minimum Gasteiger partial charge on any atom is -0.392 e. The summed E-state index contributed by atoms with van der Waals surface area (Å²) in [7, 11) is 0. The van der Waals surface area contributed by atoms with E-state index in [0.717, 1.165) is 31.2 Å². The van der Waals surface area contributed by atoms with Crippen molar-refractivity contribution in [3.8, 4) is 0 Å². The molecule has 106 valence electrons. The van der Waals surface area contributed by atoms with Crippen LogP contribution in [0.3, 0.4) is 0 Å². The van der Waals surface area contributed by atoms with Gasteiger partial charge in [-0.15, -0.1) is 0 Å². The summed E-state index contributed by atoms with van der Waals surface area (Å²) in [5.74, 6) is 1.09. The lowest BCUT2D eigenvalue weighted by Crippen LogP contribution is -2.35. The molecule has 1 aromatic carbocycles. The molecule has 1 fully saturated rings. The molecule has 4 atom stereocenters. The van der Waals surface area contributed by atoms with Crippen LogP contribution in [-0.4, -0.2) is 11.2 Å². The van der Waals surface area contributed by atoms with Crippen LogP contribution in [0, 0.1) is 11.8 Å². The second-order valence-corrected chi connectivity index (χ2v) is 6.59. The normalized spacial score (nSPS) is 29.2. The van der Waals surface area contributed by atoms with Gasteiger partial charge >= 0.3 is 0 Å². The Morgan fingerprint density at radius 3 is 2.68 bits per heavy atom. The van der Waals surface area contributed by atoms with Gasteiger partial charge in [0, 0.05) is 16.0 Å². The quantitative estimate of drug-likeness (QED) is 0.805. The van der Waals surface area contributed by atoms with E-state index < -0.39 is 0 Å². The Hall–Kier alpha value is -0.240. The zero-order valence-electron chi connectivity index (χ0n) is 11.6. The molecule has 0 amide bonds. The zero-order chi connectivity index (χ0) is 14.0. The fourth-order valence-electron chi connectivity index (χ4n) is 3.28. The maximum atomic E-state index is 10.7. The van der Waals surface area contributed by atoms with E-state index in [4.69, 9.17) is 23.2 Å². The highest BCUT2D eigenvalue weighted by Crippen LogP contribution is 2.42. The van der Waals surface area contributed by atoms with E-state index in [1.54, 1.807) is 6.07 Å². The number of hydrogen-bond acceptors (Lipinski definition) is 1. The lowest BCUT2D eigenvalue weighted by atomic mass is 9.70. The molecule has 1 saturated carbocycles. The van der Waals surface area contributed by atoms with Crippen LogP contribution >= 0.6 is 23.2 Å². The summed E-state index contributed by atoms with van der Waals surface area (Å²) in [6, 6.07) is 5.61. The van der Waals surface area contributed by atoms with Crippen LogP contribution in [0.1, 0.15) is 51.0 Å². The van der Waals surface area contributed by atoms with Crippen molar-refractivity contribution < 1.29 is 5.11 Å². The summed E-state index contributed by atoms with van der Waals surface area (Å²) in [5, 5.41) is 12.0. The molecule has 0 spiro atoms. The van der Waals surface area contributed by atoms with Gasteiger partial charge in [0.2, 0.25) is 0 Å². The lowest BCUT2D eigenvalue weighted by Gasteiger charge is -2.38. The number of benzene rings is 1. The minimum absolute atomic E-state index is 0.150. The predicted octanol–water partition coefficient (Wildman–Crippen LogP) is 5.28. The van der Waals surface area contributed by atoms with Crippen LogP contribution in [0.5, 0.6) is 0 Å². The molecule has 1 aliphatic carbocycles. The largest absolute Gasteiger partial charge is 0.392 e. The fourth-order valence-corrected chi connectivity index (χ4v) is 3.83. The van der Waals surface area contributed by atoms with E-state index in [1.165, 1.54) is 0 Å². The number of rotatable bonds is 3. The van der Waals surface area contributed by atoms with E-state index in [-0.39, 0.29) is 12.0 Å². The van der Waals surface area contributed by atoms with Crippen LogP contribution in [0.4, 0.5) is 0 Å². The van der Waals surface area contributed by atoms with Gasteiger partial charge in [-0.25, -0.2) is 0 Å². The molecule has 3 heteroatoms. The van der Waals surface area contributed by atoms with Gasteiger partial charge in [-0.1, -0.05) is 56.0 Å². The third kappa shape index (κ3) is 3.26. The third-order valence-electron chi connectivity index (χ3n) is 4.64. The Kier molecular flexibility index (Phi) is 5.16. The van der Waals surface area contributed by atoms with Crippen LogP contribution in [0.15, 0.2) is 18.2 Å². The first-order valence-corrected chi connectivity index (χ1v) is 7.93. The highest BCUT2D eigenvalue weighted by molar-refractivity contribution is 6.35. The summed E-state index contributed by atoms with van der Waals surface area (Å²) in [6.07, 6.45) is 4.12. The van der Waals surface area contributed by atoms with Crippen LogP contribution in [0.25, 0.3) is 0 Å². The molecule has 0 bridgehead atoms. The van der Waals surface area contributed by atoms with Crippen LogP contribution < -0.4 is 0 Å². The van der Waals surface area contributed by atoms with Crippen molar-refractivity contribution in [3.05, 3.63) is 33.8 Å². The summed E-state index contributed by atoms with van der Waals surface area (Å²) >= 11 is 12.2. The smallest absolute Gasteiger partial charge is 0.0639 e. The van der Waals surface area contributed by atoms with Gasteiger partial charge in [0.1, 0.15) is 0 Å². The molecule has 0 heterocycles. The number of hydrogen-bond donors (Lipinski definition) is 1. The fraction of sp³-hybridized carbons (Fsp3) is 0.625. The molecule has 0 unspecified atom stereocenters. The van der Waals surface area contributed by atoms with Gasteiger partial charge in [-0.3, -0.25) is 0 Å². The van der Waals surface area contributed by atoms with E-state index in [1.807, 2.05) is 12.1 Å². The van der Waals surface area contributed by atoms with Crippen molar-refractivity contribution in [2.45, 2.75) is 51.6 Å². The lowest BCUT2D eigenvalue weighted by molar-refractivity contribution is 0.0217. The SMILES string of the molecule is CC[C@@H](C)[C@H]1CCC[C@@H](c2ccc(Cl)cc2Cl)[C@H]1O. The first kappa shape index (κ1) is 15.2. The molecular formula is C16H22Cl2O. The zero-order valence-corrected chi connectivity index (χ0v) is 13.1. The van der Waals surface area contributed by atoms with E-state index in [0.29, 0.717) is 21.9 Å². The molecule has 1 aromatic rings. The Balaban J connectivity index is 2.23. The molecule has 0 saturated heterocycles. The molecule has 19 heavy (non-hydrogen) atoms. The van der Waals surface area contributed by atoms with Crippen molar-refractivity contribution in [2.24, 2.45) is 11.8 Å². The topological polar surface area (TPSA) is 20.2 Å². The van der Waals surface area contributed by atoms with Crippen molar-refractivity contribution in [2.75, 3.05) is 0 Å². The van der Waals surface area contributed by atoms with E-state index in [2.05, 4.69) is 13.8 Å². The third-order valence-corrected chi connectivity index (χ3v) is 5.20. The predicted molar refractivity (Wildman–Crippen MR) is 82.0 cm³/mol. The van der Waals surface area contributed by atoms with Crippen molar-refractivity contribution in [1.82, 2.24) is 0 Å². The highest BCUT2D eigenvalue weighted by atomic mass is 35.5. The summed E-state index contributed by atoms with van der Waals surface area (Å²) < 4.78 is 0. The summed E-state index contributed by atoms with van der Waals surface area (Å²) in [5.41, 5.74) is 1.05. The first-order valence-electron chi connectivity index (χ1n) is 7.17. The van der Waals surface area contributed by atoms with Crippen molar-refractivity contribution in [1.29, 1.82) is 0 Å². The van der Waals surface area contributed by atoms with Gasteiger partial charge in [0.15, 0.2) is 0 Å². The average Bonchev–Trinajstić information content (AvgIpc) is 2.39. The molecule has 0 aromatic heterocycles. The average molecular weight is 301 g/mol. The van der Waals surface area contributed by atoms with Gasteiger partial charge in [-0.2, -0.15) is 0 Å². The van der Waals surface area contributed by atoms with Crippen molar-refractivity contribution in [3.63, 3.8) is 0 Å². The molecular weight excluding hydrogens is 279 g/mol. The maximum absolute atomic E-state index is 10.7. The Morgan fingerprint density at radius 1 is 1.32 bits per heavy atom. The summed E-state index contributed by atoms with van der Waals surface area (Å²) in [6.45, 7) is 4.43. The molecule has 1 aliphatic rings. The molecule has 0 radical (unpaired) electrons. The Morgan fingerprint density at radius 2 is 2.05 bits per heavy atom. The Labute approximate surface area is 125 Å². The monoisotopic (exact) mass is 300 g/mol. The second kappa shape index (κ2) is 6.47. The molecule has 0 aliphatic heterocycles. The Bertz CT molecular complexity index is 433. The molecule has 1 nitrogen and oxygen atoms in total. The van der Waals surface area contributed by atoms with Crippen molar-refractivity contribution >= 4 is 23.2 Å². The van der Waals surface area contributed by atoms with Gasteiger partial charge in [0.25, 0.3) is 0 Å². The highest BCUT2D eigenvalue weighted by Gasteiger charge is 2.35. The van der Waals surface area contributed by atoms with E-state index in [9.17, 15) is 5.11 Å². The van der Waals surface area contributed by atoms with E-state index >= 15 is 0 Å². The maximum Gasteiger partial charge on any atom is 0.0639 e. The van der Waals surface area contributed by atoms with Crippen LogP contribution in [-0.2, 0) is 0 Å². The standard InChI is InChI=1S/C16H22Cl2O/c1-3-10(2)12-5-4-6-14(16(12)19)13-8-7-11(17)9-15(13)18/h7-10,12,14,16,19H,3-6H2,1-2H3/t10-,12-,14+,16+/m1/s1. The minimum atomic E-state index is -0.289.